The van der Waals surface area contributed by atoms with Gasteiger partial charge in [0.25, 0.3) is 5.91 Å². The molecule has 3 aliphatic rings. The number of hydrogen-bond acceptors (Lipinski definition) is 12. The van der Waals surface area contributed by atoms with Gasteiger partial charge < -0.3 is 48.1 Å². The third-order valence-corrected chi connectivity index (χ3v) is 9.33. The molecule has 3 aliphatic carbocycles. The molecule has 5 rings (SSSR count). The minimum Gasteiger partial charge on any atom is -0.509 e. The normalized spacial score (nSPS) is 26.4. The number of primary amides is 1. The Balaban J connectivity index is 1.67. The number of halogens is 1. The van der Waals surface area contributed by atoms with Crippen molar-refractivity contribution in [2.24, 2.45) is 22.6 Å². The van der Waals surface area contributed by atoms with E-state index in [0.29, 0.717) is 16.9 Å². The maximum atomic E-state index is 14.6. The second-order valence-electron chi connectivity index (χ2n) is 12.7. The largest absolute Gasteiger partial charge is 0.509 e. The minimum absolute atomic E-state index is 0.115. The second-order valence-corrected chi connectivity index (χ2v) is 12.7. The number of rotatable bonds is 6. The van der Waals surface area contributed by atoms with Gasteiger partial charge in [-0.3, -0.25) is 19.3 Å². The molecule has 0 aromatic heterocycles. The Hall–Kier alpha value is -5.50. The van der Waals surface area contributed by atoms with Crippen LogP contribution in [0.15, 0.2) is 47.2 Å². The fraction of sp³-hybridized carbons (Fsp3) is 0.344. The van der Waals surface area contributed by atoms with Gasteiger partial charge in [0.1, 0.15) is 28.7 Å². The number of nitrogens with zero attached hydrogens (tertiary/aromatic N) is 3. The fourth-order valence-corrected chi connectivity index (χ4v) is 7.35. The van der Waals surface area contributed by atoms with Crippen molar-refractivity contribution in [1.29, 1.82) is 5.26 Å². The lowest BCUT2D eigenvalue weighted by molar-refractivity contribution is -0.139. The highest BCUT2D eigenvalue weighted by Crippen LogP contribution is 2.59. The smallest absolute Gasteiger partial charge is 0.319 e. The van der Waals surface area contributed by atoms with Crippen molar-refractivity contribution in [3.05, 3.63) is 69.7 Å². The molecule has 0 spiro atoms. The molecule has 0 heterocycles. The Bertz CT molecular complexity index is 1900. The van der Waals surface area contributed by atoms with Gasteiger partial charge >= 0.3 is 6.03 Å². The summed E-state index contributed by atoms with van der Waals surface area (Å²) in [5.41, 5.74) is 11.8. The number of ketones is 2. The van der Waals surface area contributed by atoms with Crippen LogP contribution in [0, 0.1) is 22.6 Å². The summed E-state index contributed by atoms with van der Waals surface area (Å²) in [5, 5.41) is 50.3. The molecule has 16 heteroatoms. The zero-order valence-corrected chi connectivity index (χ0v) is 26.5. The van der Waals surface area contributed by atoms with Crippen molar-refractivity contribution in [3.63, 3.8) is 0 Å². The molecule has 4 atom stereocenters. The highest BCUT2D eigenvalue weighted by Gasteiger charge is 2.74. The average Bonchev–Trinajstić information content (AvgIpc) is 2.96. The molecule has 0 unspecified atom stereocenters. The second kappa shape index (κ2) is 11.3. The van der Waals surface area contributed by atoms with Crippen LogP contribution in [0.5, 0.6) is 5.75 Å². The van der Waals surface area contributed by atoms with Crippen LogP contribution < -0.4 is 32.7 Å². The topological polar surface area (TPSA) is 261 Å². The lowest BCUT2D eigenvalue weighted by atomic mass is 9.47. The van der Waals surface area contributed by atoms with E-state index in [1.807, 2.05) is 0 Å². The molecule has 1 saturated carbocycles. The molecule has 48 heavy (non-hydrogen) atoms. The standard InChI is InChI=1S/C32H35FN8O7/c1-40(2)18-9-14(11-38-29(48)39-16-7-5-15(33)6-8-16)22(42)19-17(18)10-30(36)12-32(37)25(41(3)4)24(44)20(28(35)47)26(45)31(32,13-34)27(46)21(30)23(19)43/h5-9,25,42-43,45H,10-12,36-37H2,1-4H3,(H2,35,47)(H2,38,39,48)/t25-,30-,31+,32-/m1/s1. The van der Waals surface area contributed by atoms with E-state index >= 15 is 0 Å². The molecule has 252 valence electrons. The van der Waals surface area contributed by atoms with Crippen molar-refractivity contribution in [1.82, 2.24) is 10.2 Å². The average molecular weight is 663 g/mol. The molecule has 2 aromatic rings. The van der Waals surface area contributed by atoms with Crippen LogP contribution in [0.2, 0.25) is 0 Å². The van der Waals surface area contributed by atoms with E-state index in [1.54, 1.807) is 31.1 Å². The zero-order chi connectivity index (χ0) is 35.7. The van der Waals surface area contributed by atoms with E-state index < -0.39 is 86.7 Å². The highest BCUT2D eigenvalue weighted by atomic mass is 19.1. The number of aromatic hydroxyl groups is 1. The number of phenols is 1. The Morgan fingerprint density at radius 1 is 1.10 bits per heavy atom. The molecule has 3 amide bonds. The number of amides is 3. The number of benzene rings is 2. The van der Waals surface area contributed by atoms with Crippen LogP contribution in [-0.4, -0.2) is 89.0 Å². The Kier molecular flexibility index (Phi) is 7.99. The van der Waals surface area contributed by atoms with Crippen molar-refractivity contribution < 1.29 is 38.9 Å². The number of nitrogens with two attached hydrogens (primary N) is 3. The summed E-state index contributed by atoms with van der Waals surface area (Å²) in [6.45, 7) is -0.274. The molecule has 0 saturated heterocycles. The number of carbonyl (C=O) groups is 4. The molecule has 0 bridgehead atoms. The van der Waals surface area contributed by atoms with E-state index in [4.69, 9.17) is 17.2 Å². The number of phenolic OH excluding ortho intramolecular Hbond substituents is 1. The van der Waals surface area contributed by atoms with Crippen LogP contribution >= 0.6 is 0 Å². The van der Waals surface area contributed by atoms with Gasteiger partial charge in [-0.15, -0.1) is 0 Å². The van der Waals surface area contributed by atoms with Crippen LogP contribution in [0.1, 0.15) is 23.1 Å². The van der Waals surface area contributed by atoms with Gasteiger partial charge in [-0.1, -0.05) is 0 Å². The molecular weight excluding hydrogens is 627 g/mol. The summed E-state index contributed by atoms with van der Waals surface area (Å²) in [6, 6.07) is 6.10. The van der Waals surface area contributed by atoms with Crippen LogP contribution in [-0.2, 0) is 27.3 Å². The first kappa shape index (κ1) is 33.9. The summed E-state index contributed by atoms with van der Waals surface area (Å²) in [5.74, 6) is -6.73. The van der Waals surface area contributed by atoms with Gasteiger partial charge in [-0.2, -0.15) is 5.26 Å². The third kappa shape index (κ3) is 4.66. The van der Waals surface area contributed by atoms with Gasteiger partial charge in [-0.25, -0.2) is 9.18 Å². The zero-order valence-electron chi connectivity index (χ0n) is 26.5. The minimum atomic E-state index is -2.79. The number of fused-ring (bicyclic) bond motifs is 3. The number of nitrogens with one attached hydrogen (secondary N) is 2. The SMILES string of the molecule is CN(C)c1cc(CNC(=O)Nc2ccc(F)cc2)c(O)c2c1C[C@@]1(N)C[C@@]3(N)[C@H](N(C)C)C(=O)C(C(N)=O)=C(O)[C@@]3(C#N)C(=O)C1=C2O. The number of Topliss-reactive ketones (excluding diaryl/α,β-unsaturated/α-hetero) is 2. The van der Waals surface area contributed by atoms with Gasteiger partial charge in [0.05, 0.1) is 34.3 Å². The first-order valence-electron chi connectivity index (χ1n) is 14.6. The summed E-state index contributed by atoms with van der Waals surface area (Å²) >= 11 is 0. The summed E-state index contributed by atoms with van der Waals surface area (Å²) in [6.07, 6.45) is -0.738. The third-order valence-electron chi connectivity index (χ3n) is 9.33. The first-order chi connectivity index (χ1) is 22.4. The molecule has 0 radical (unpaired) electrons. The van der Waals surface area contributed by atoms with Gasteiger partial charge in [0, 0.05) is 37.6 Å². The predicted octanol–water partition coefficient (Wildman–Crippen LogP) is 0.432. The maximum Gasteiger partial charge on any atom is 0.319 e. The lowest BCUT2D eigenvalue weighted by Gasteiger charge is -2.58. The summed E-state index contributed by atoms with van der Waals surface area (Å²) < 4.78 is 13.3. The van der Waals surface area contributed by atoms with Crippen molar-refractivity contribution in [3.8, 4) is 11.8 Å². The molecule has 1 fully saturated rings. The van der Waals surface area contributed by atoms with E-state index in [1.165, 1.54) is 31.1 Å². The van der Waals surface area contributed by atoms with Crippen molar-refractivity contribution in [2.45, 2.75) is 36.5 Å². The number of anilines is 2. The number of urea groups is 1. The maximum absolute atomic E-state index is 14.6. The van der Waals surface area contributed by atoms with E-state index in [2.05, 4.69) is 10.6 Å². The Morgan fingerprint density at radius 2 is 1.73 bits per heavy atom. The van der Waals surface area contributed by atoms with Crippen LogP contribution in [0.3, 0.4) is 0 Å². The number of nitriles is 1. The molecule has 2 aromatic carbocycles. The molecule has 15 nitrogen and oxygen atoms in total. The number of hydrogen-bond donors (Lipinski definition) is 8. The number of aliphatic hydroxyl groups excluding tert-OH is 2. The van der Waals surface area contributed by atoms with E-state index in [0.717, 1.165) is 12.1 Å². The van der Waals surface area contributed by atoms with Gasteiger partial charge in [0.15, 0.2) is 17.0 Å². The van der Waals surface area contributed by atoms with Crippen LogP contribution in [0.4, 0.5) is 20.6 Å². The van der Waals surface area contributed by atoms with Gasteiger partial charge in [0.2, 0.25) is 0 Å². The van der Waals surface area contributed by atoms with E-state index in [-0.39, 0.29) is 24.1 Å². The van der Waals surface area contributed by atoms with Gasteiger partial charge in [-0.05, 0) is 62.8 Å². The quantitative estimate of drug-likeness (QED) is 0.196. The first-order valence-corrected chi connectivity index (χ1v) is 14.6. The highest BCUT2D eigenvalue weighted by molar-refractivity contribution is 6.25. The molecular formula is C32H35FN8O7. The monoisotopic (exact) mass is 662 g/mol. The van der Waals surface area contributed by atoms with Crippen molar-refractivity contribution >= 4 is 40.6 Å². The Labute approximate surface area is 274 Å². The summed E-state index contributed by atoms with van der Waals surface area (Å²) in [7, 11) is 6.23. The fourth-order valence-electron chi connectivity index (χ4n) is 7.35. The Morgan fingerprint density at radius 3 is 2.27 bits per heavy atom. The lowest BCUT2D eigenvalue weighted by Crippen LogP contribution is -2.80. The van der Waals surface area contributed by atoms with Crippen LogP contribution in [0.25, 0.3) is 5.76 Å². The number of aliphatic hydroxyl groups is 2. The summed E-state index contributed by atoms with van der Waals surface area (Å²) in [4.78, 5) is 56.1. The predicted molar refractivity (Wildman–Crippen MR) is 171 cm³/mol. The van der Waals surface area contributed by atoms with E-state index in [9.17, 15) is 44.2 Å². The molecule has 11 N–H and O–H groups in total. The van der Waals surface area contributed by atoms with Crippen molar-refractivity contribution in [2.75, 3.05) is 38.4 Å². The molecule has 0 aliphatic heterocycles. The number of likely N-dealkylation sites (N-methyl/N-ethyl adjacent to an activating group) is 1. The number of carbonyl (C=O) groups excluding carboxylic acids is 4.